The van der Waals surface area contributed by atoms with Gasteiger partial charge in [0.15, 0.2) is 0 Å². The molecule has 0 aromatic heterocycles. The van der Waals surface area contributed by atoms with E-state index in [-0.39, 0.29) is 13.2 Å². The lowest BCUT2D eigenvalue weighted by atomic mass is 9.95. The highest BCUT2D eigenvalue weighted by Crippen LogP contribution is 2.40. The van der Waals surface area contributed by atoms with Crippen LogP contribution in [0.4, 0.5) is 10.5 Å². The van der Waals surface area contributed by atoms with Crippen LogP contribution in [0.25, 0.3) is 5.57 Å². The minimum absolute atomic E-state index is 0.165. The maximum Gasteiger partial charge on any atom is 0.410 e. The van der Waals surface area contributed by atoms with Gasteiger partial charge in [0.1, 0.15) is 18.2 Å². The molecule has 0 N–H and O–H groups in total. The van der Waals surface area contributed by atoms with Crippen LogP contribution in [0.1, 0.15) is 38.8 Å². The van der Waals surface area contributed by atoms with E-state index >= 15 is 0 Å². The fourth-order valence-corrected chi connectivity index (χ4v) is 4.10. The molecule has 0 spiro atoms. The number of hydrogen-bond donors (Lipinski definition) is 0. The molecule has 1 atom stereocenters. The van der Waals surface area contributed by atoms with Crippen molar-refractivity contribution in [3.63, 3.8) is 0 Å². The van der Waals surface area contributed by atoms with Gasteiger partial charge in [-0.2, -0.15) is 0 Å². The van der Waals surface area contributed by atoms with Crippen molar-refractivity contribution in [2.24, 2.45) is 0 Å². The van der Waals surface area contributed by atoms with Crippen LogP contribution in [0.15, 0.2) is 48.5 Å². The summed E-state index contributed by atoms with van der Waals surface area (Å²) < 4.78 is 10.6. The average Bonchev–Trinajstić information content (AvgIpc) is 2.88. The van der Waals surface area contributed by atoms with Gasteiger partial charge in [-0.1, -0.05) is 41.4 Å². The number of amides is 2. The van der Waals surface area contributed by atoms with Crippen molar-refractivity contribution in [1.82, 2.24) is 4.90 Å². The average molecular weight is 519 g/mol. The molecule has 1 aliphatic rings. The van der Waals surface area contributed by atoms with Gasteiger partial charge in [-0.3, -0.25) is 19.4 Å². The lowest BCUT2D eigenvalue weighted by molar-refractivity contribution is -0.142. The molecule has 2 aromatic carbocycles. The predicted octanol–water partition coefficient (Wildman–Crippen LogP) is 5.57. The van der Waals surface area contributed by atoms with Gasteiger partial charge in [-0.15, -0.1) is 0 Å². The summed E-state index contributed by atoms with van der Waals surface area (Å²) in [5.74, 6) is -1.08. The summed E-state index contributed by atoms with van der Waals surface area (Å²) in [6.07, 6.45) is 0.957. The summed E-state index contributed by atoms with van der Waals surface area (Å²) in [7, 11) is 1.48. The number of carbonyl (C=O) groups excluding carboxylic acids is 3. The number of anilines is 1. The summed E-state index contributed by atoms with van der Waals surface area (Å²) in [6.45, 7) is 6.73. The van der Waals surface area contributed by atoms with Crippen LogP contribution in [-0.4, -0.2) is 54.7 Å². The summed E-state index contributed by atoms with van der Waals surface area (Å²) in [5.41, 5.74) is 1.50. The molecule has 3 rings (SSSR count). The number of rotatable bonds is 5. The van der Waals surface area contributed by atoms with Gasteiger partial charge in [-0.05, 0) is 63.6 Å². The highest BCUT2D eigenvalue weighted by Gasteiger charge is 2.37. The highest BCUT2D eigenvalue weighted by atomic mass is 35.5. The number of fused-ring (bicyclic) bond motifs is 1. The Morgan fingerprint density at radius 2 is 1.77 bits per heavy atom. The van der Waals surface area contributed by atoms with Crippen molar-refractivity contribution in [1.29, 1.82) is 0 Å². The van der Waals surface area contributed by atoms with E-state index in [4.69, 9.17) is 32.7 Å². The lowest BCUT2D eigenvalue weighted by Gasteiger charge is -2.31. The smallest absolute Gasteiger partial charge is 0.410 e. The van der Waals surface area contributed by atoms with Gasteiger partial charge in [0.05, 0.1) is 12.3 Å². The van der Waals surface area contributed by atoms with E-state index in [9.17, 15) is 14.4 Å². The molecule has 0 bridgehead atoms. The fourth-order valence-electron chi connectivity index (χ4n) is 3.69. The van der Waals surface area contributed by atoms with Crippen LogP contribution in [0, 0.1) is 0 Å². The van der Waals surface area contributed by atoms with Crippen molar-refractivity contribution in [3.8, 4) is 0 Å². The topological polar surface area (TPSA) is 76.2 Å². The Morgan fingerprint density at radius 3 is 2.40 bits per heavy atom. The zero-order chi connectivity index (χ0) is 25.9. The second-order valence-corrected chi connectivity index (χ2v) is 9.83. The molecule has 7 nitrogen and oxygen atoms in total. The first-order valence-corrected chi connectivity index (χ1v) is 11.9. The Hall–Kier alpha value is -3.03. The van der Waals surface area contributed by atoms with Crippen LogP contribution in [0.3, 0.4) is 0 Å². The quantitative estimate of drug-likeness (QED) is 0.483. The molecular weight excluding hydrogens is 491 g/mol. The molecule has 1 unspecified atom stereocenters. The Morgan fingerprint density at radius 1 is 1.09 bits per heavy atom. The molecule has 35 heavy (non-hydrogen) atoms. The van der Waals surface area contributed by atoms with Crippen molar-refractivity contribution in [2.75, 3.05) is 25.1 Å². The summed E-state index contributed by atoms with van der Waals surface area (Å²) >= 11 is 12.9. The molecule has 0 aliphatic carbocycles. The molecule has 0 radical (unpaired) electrons. The second-order valence-electron chi connectivity index (χ2n) is 8.99. The predicted molar refractivity (Wildman–Crippen MR) is 137 cm³/mol. The van der Waals surface area contributed by atoms with Crippen LogP contribution in [0.2, 0.25) is 10.0 Å². The zero-order valence-electron chi connectivity index (χ0n) is 20.3. The zero-order valence-corrected chi connectivity index (χ0v) is 21.8. The van der Waals surface area contributed by atoms with Crippen molar-refractivity contribution in [3.05, 3.63) is 69.7 Å². The molecule has 186 valence electrons. The van der Waals surface area contributed by atoms with Crippen molar-refractivity contribution < 1.29 is 23.9 Å². The van der Waals surface area contributed by atoms with E-state index in [2.05, 4.69) is 0 Å². The number of benzene rings is 2. The highest BCUT2D eigenvalue weighted by molar-refractivity contribution is 6.33. The Balaban J connectivity index is 2.23. The van der Waals surface area contributed by atoms with E-state index in [0.717, 1.165) is 0 Å². The fraction of sp³-hybridized carbons (Fsp3) is 0.346. The van der Waals surface area contributed by atoms with Gasteiger partial charge in [0.2, 0.25) is 0 Å². The van der Waals surface area contributed by atoms with E-state index < -0.39 is 29.6 Å². The molecule has 1 heterocycles. The Bertz CT molecular complexity index is 1170. The van der Waals surface area contributed by atoms with Gasteiger partial charge in [0.25, 0.3) is 5.91 Å². The molecule has 0 saturated carbocycles. The second kappa shape index (κ2) is 10.7. The number of hydrogen-bond acceptors (Lipinski definition) is 5. The SMILES string of the molecule is CCOC(=O)CN1C(=O)C(N(C)C(=O)OC(C)(C)C)C=C(c2ccccc2Cl)c2cc(Cl)ccc21. The van der Waals surface area contributed by atoms with Crippen LogP contribution >= 0.6 is 23.2 Å². The van der Waals surface area contributed by atoms with E-state index in [0.29, 0.717) is 32.4 Å². The first kappa shape index (κ1) is 26.6. The molecule has 2 amide bonds. The summed E-state index contributed by atoms with van der Waals surface area (Å²) in [4.78, 5) is 41.8. The monoisotopic (exact) mass is 518 g/mol. The van der Waals surface area contributed by atoms with Gasteiger partial charge < -0.3 is 9.47 Å². The Kier molecular flexibility index (Phi) is 8.13. The number of halogens is 2. The van der Waals surface area contributed by atoms with E-state index in [1.165, 1.54) is 16.8 Å². The third-order valence-corrected chi connectivity index (χ3v) is 5.80. The Labute approximate surface area is 215 Å². The first-order chi connectivity index (χ1) is 16.4. The normalized spacial score (nSPS) is 15.6. The third-order valence-electron chi connectivity index (χ3n) is 5.24. The molecule has 0 fully saturated rings. The van der Waals surface area contributed by atoms with Crippen molar-refractivity contribution >= 4 is 52.4 Å². The standard InChI is InChI=1S/C26H28Cl2N2O5/c1-6-34-23(31)15-30-21-12-11-16(27)13-19(21)18(17-9-7-8-10-20(17)28)14-22(24(30)32)29(5)25(33)35-26(2,3)4/h7-14,22H,6,15H2,1-5H3. The maximum absolute atomic E-state index is 13.9. The number of carbonyl (C=O) groups is 3. The van der Waals surface area contributed by atoms with Crippen LogP contribution in [0.5, 0.6) is 0 Å². The van der Waals surface area contributed by atoms with Gasteiger partial charge in [-0.25, -0.2) is 4.79 Å². The maximum atomic E-state index is 13.9. The van der Waals surface area contributed by atoms with Gasteiger partial charge >= 0.3 is 12.1 Å². The molecule has 2 aromatic rings. The number of likely N-dealkylation sites (N-methyl/N-ethyl adjacent to an activating group) is 1. The number of esters is 1. The molecule has 1 aliphatic heterocycles. The van der Waals surface area contributed by atoms with E-state index in [1.807, 2.05) is 12.1 Å². The van der Waals surface area contributed by atoms with E-state index in [1.54, 1.807) is 64.1 Å². The molecule has 9 heteroatoms. The minimum Gasteiger partial charge on any atom is -0.465 e. The minimum atomic E-state index is -1.10. The lowest BCUT2D eigenvalue weighted by Crippen LogP contribution is -2.50. The van der Waals surface area contributed by atoms with Crippen molar-refractivity contribution in [2.45, 2.75) is 39.3 Å². The number of nitrogens with zero attached hydrogens (tertiary/aromatic N) is 2. The van der Waals surface area contributed by atoms with Gasteiger partial charge in [0, 0.05) is 28.2 Å². The largest absolute Gasteiger partial charge is 0.465 e. The van der Waals surface area contributed by atoms with Crippen LogP contribution < -0.4 is 4.90 Å². The molecular formula is C26H28Cl2N2O5. The molecule has 0 saturated heterocycles. The summed E-state index contributed by atoms with van der Waals surface area (Å²) in [6, 6.07) is 11.1. The first-order valence-electron chi connectivity index (χ1n) is 11.1. The summed E-state index contributed by atoms with van der Waals surface area (Å²) in [5, 5.41) is 0.888. The van der Waals surface area contributed by atoms with Crippen LogP contribution in [-0.2, 0) is 19.1 Å². The third kappa shape index (κ3) is 6.16. The number of ether oxygens (including phenoxy) is 2.